The van der Waals surface area contributed by atoms with E-state index in [0.717, 1.165) is 60.5 Å². The van der Waals surface area contributed by atoms with E-state index in [1.54, 1.807) is 0 Å². The lowest BCUT2D eigenvalue weighted by atomic mass is 10.1. The molecular formula is C21H31N5O2. The summed E-state index contributed by atoms with van der Waals surface area (Å²) in [6.07, 6.45) is 6.08. The van der Waals surface area contributed by atoms with Crippen molar-refractivity contribution in [2.24, 2.45) is 10.9 Å². The van der Waals surface area contributed by atoms with Gasteiger partial charge < -0.3 is 19.9 Å². The first-order valence-corrected chi connectivity index (χ1v) is 10.3. The summed E-state index contributed by atoms with van der Waals surface area (Å²) in [5.74, 6) is 3.12. The van der Waals surface area contributed by atoms with Gasteiger partial charge >= 0.3 is 0 Å². The minimum Gasteiger partial charge on any atom is -0.477 e. The molecule has 0 saturated heterocycles. The van der Waals surface area contributed by atoms with Crippen LogP contribution in [-0.4, -0.2) is 29.3 Å². The van der Waals surface area contributed by atoms with E-state index < -0.39 is 0 Å². The number of hydrogen-bond donors (Lipinski definition) is 2. The lowest BCUT2D eigenvalue weighted by molar-refractivity contribution is 0.288. The number of nitrogens with zero attached hydrogens (tertiary/aromatic N) is 3. The van der Waals surface area contributed by atoms with Gasteiger partial charge in [0.1, 0.15) is 5.76 Å². The Hall–Kier alpha value is -2.57. The summed E-state index contributed by atoms with van der Waals surface area (Å²) in [5, 5.41) is 10.8. The standard InChI is InChI=1S/C21H31N5O2/c1-4-18-17(19(5-2)28-26-18)13-25-21(22-6-3)24-12-16-9-10-20(23-11-16)27-14-15-7-8-15/h9-11,15H,4-8,12-14H2,1-3H3,(H2,22,24,25). The lowest BCUT2D eigenvalue weighted by Gasteiger charge is -2.12. The van der Waals surface area contributed by atoms with Crippen molar-refractivity contribution >= 4 is 5.96 Å². The Kier molecular flexibility index (Phi) is 7.28. The Morgan fingerprint density at radius 2 is 2.07 bits per heavy atom. The minimum absolute atomic E-state index is 0.552. The van der Waals surface area contributed by atoms with Crippen LogP contribution in [0.25, 0.3) is 0 Å². The Morgan fingerprint density at radius 1 is 1.21 bits per heavy atom. The Morgan fingerprint density at radius 3 is 2.71 bits per heavy atom. The van der Waals surface area contributed by atoms with Gasteiger partial charge in [0.15, 0.2) is 5.96 Å². The largest absolute Gasteiger partial charge is 0.477 e. The zero-order valence-electron chi connectivity index (χ0n) is 17.1. The van der Waals surface area contributed by atoms with Crippen LogP contribution in [0, 0.1) is 5.92 Å². The maximum absolute atomic E-state index is 5.69. The SMILES string of the molecule is CCNC(=NCc1ccc(OCC2CC2)nc1)NCc1c(CC)noc1CC. The fourth-order valence-corrected chi connectivity index (χ4v) is 2.90. The van der Waals surface area contributed by atoms with Crippen LogP contribution >= 0.6 is 0 Å². The fraction of sp³-hybridized carbons (Fsp3) is 0.571. The van der Waals surface area contributed by atoms with Gasteiger partial charge in [-0.05, 0) is 37.7 Å². The molecule has 0 amide bonds. The smallest absolute Gasteiger partial charge is 0.213 e. The number of guanidine groups is 1. The highest BCUT2D eigenvalue weighted by Gasteiger charge is 2.22. The lowest BCUT2D eigenvalue weighted by Crippen LogP contribution is -2.37. The van der Waals surface area contributed by atoms with E-state index in [4.69, 9.17) is 9.26 Å². The van der Waals surface area contributed by atoms with Gasteiger partial charge in [0, 0.05) is 37.3 Å². The van der Waals surface area contributed by atoms with Crippen LogP contribution in [0.4, 0.5) is 0 Å². The van der Waals surface area contributed by atoms with Crippen LogP contribution in [0.3, 0.4) is 0 Å². The number of ether oxygens (including phenoxy) is 1. The second-order valence-corrected chi connectivity index (χ2v) is 7.05. The molecule has 0 aromatic carbocycles. The van der Waals surface area contributed by atoms with Gasteiger partial charge in [-0.1, -0.05) is 25.1 Å². The summed E-state index contributed by atoms with van der Waals surface area (Å²) in [4.78, 5) is 9.05. The maximum Gasteiger partial charge on any atom is 0.213 e. The molecule has 0 unspecified atom stereocenters. The molecule has 1 aliphatic rings. The predicted molar refractivity (Wildman–Crippen MR) is 109 cm³/mol. The first-order chi connectivity index (χ1) is 13.7. The van der Waals surface area contributed by atoms with E-state index in [1.165, 1.54) is 12.8 Å². The van der Waals surface area contributed by atoms with Gasteiger partial charge in [0.25, 0.3) is 0 Å². The van der Waals surface area contributed by atoms with Crippen molar-refractivity contribution in [3.05, 3.63) is 40.9 Å². The summed E-state index contributed by atoms with van der Waals surface area (Å²) >= 11 is 0. The van der Waals surface area contributed by atoms with Crippen molar-refractivity contribution in [2.45, 2.75) is 59.5 Å². The van der Waals surface area contributed by atoms with Crippen LogP contribution in [0.2, 0.25) is 0 Å². The van der Waals surface area contributed by atoms with E-state index in [0.29, 0.717) is 19.0 Å². The Bertz CT molecular complexity index is 744. The van der Waals surface area contributed by atoms with E-state index in [2.05, 4.69) is 46.5 Å². The van der Waals surface area contributed by atoms with Crippen molar-refractivity contribution in [1.29, 1.82) is 0 Å². The number of nitrogens with one attached hydrogen (secondary N) is 2. The second kappa shape index (κ2) is 10.1. The molecule has 1 fully saturated rings. The number of aryl methyl sites for hydroxylation is 2. The van der Waals surface area contributed by atoms with E-state index in [1.807, 2.05) is 18.3 Å². The third kappa shape index (κ3) is 5.71. The summed E-state index contributed by atoms with van der Waals surface area (Å²) in [7, 11) is 0. The van der Waals surface area contributed by atoms with Gasteiger partial charge in [0.05, 0.1) is 18.8 Å². The Balaban J connectivity index is 1.56. The predicted octanol–water partition coefficient (Wildman–Crippen LogP) is 3.24. The van der Waals surface area contributed by atoms with Gasteiger partial charge in [0.2, 0.25) is 5.88 Å². The van der Waals surface area contributed by atoms with Crippen molar-refractivity contribution in [3.8, 4) is 5.88 Å². The monoisotopic (exact) mass is 385 g/mol. The highest BCUT2D eigenvalue weighted by atomic mass is 16.5. The summed E-state index contributed by atoms with van der Waals surface area (Å²) < 4.78 is 11.1. The second-order valence-electron chi connectivity index (χ2n) is 7.05. The maximum atomic E-state index is 5.69. The van der Waals surface area contributed by atoms with Crippen LogP contribution in [0.1, 0.15) is 56.2 Å². The highest BCUT2D eigenvalue weighted by Crippen LogP contribution is 2.29. The molecule has 0 radical (unpaired) electrons. The summed E-state index contributed by atoms with van der Waals surface area (Å²) in [6, 6.07) is 3.94. The average molecular weight is 386 g/mol. The number of rotatable bonds is 10. The van der Waals surface area contributed by atoms with Crippen molar-refractivity contribution in [1.82, 2.24) is 20.8 Å². The van der Waals surface area contributed by atoms with Gasteiger partial charge in [-0.25, -0.2) is 9.98 Å². The molecule has 2 aromatic rings. The molecule has 7 nitrogen and oxygen atoms in total. The molecule has 1 saturated carbocycles. The molecule has 2 heterocycles. The van der Waals surface area contributed by atoms with Crippen molar-refractivity contribution < 1.29 is 9.26 Å². The van der Waals surface area contributed by atoms with Crippen LogP contribution in [0.5, 0.6) is 5.88 Å². The molecule has 3 rings (SSSR count). The summed E-state index contributed by atoms with van der Waals surface area (Å²) in [6.45, 7) is 8.99. The van der Waals surface area contributed by atoms with Crippen molar-refractivity contribution in [2.75, 3.05) is 13.2 Å². The normalized spacial score (nSPS) is 14.2. The third-order valence-corrected chi connectivity index (χ3v) is 4.76. The molecule has 0 bridgehead atoms. The molecule has 152 valence electrons. The first kappa shape index (κ1) is 20.2. The molecule has 1 aliphatic carbocycles. The Labute approximate surface area is 167 Å². The average Bonchev–Trinajstić information content (AvgIpc) is 3.47. The molecule has 0 spiro atoms. The summed E-state index contributed by atoms with van der Waals surface area (Å²) in [5.41, 5.74) is 3.19. The fourth-order valence-electron chi connectivity index (χ4n) is 2.90. The van der Waals surface area contributed by atoms with Crippen LogP contribution in [-0.2, 0) is 25.9 Å². The van der Waals surface area contributed by atoms with Crippen LogP contribution in [0.15, 0.2) is 27.8 Å². The van der Waals surface area contributed by atoms with E-state index in [9.17, 15) is 0 Å². The zero-order valence-corrected chi connectivity index (χ0v) is 17.1. The molecule has 7 heteroatoms. The topological polar surface area (TPSA) is 84.6 Å². The number of hydrogen-bond acceptors (Lipinski definition) is 5. The highest BCUT2D eigenvalue weighted by molar-refractivity contribution is 5.79. The quantitative estimate of drug-likeness (QED) is 0.482. The molecule has 2 aromatic heterocycles. The minimum atomic E-state index is 0.552. The molecule has 0 atom stereocenters. The number of aliphatic imine (C=N–C) groups is 1. The number of aromatic nitrogens is 2. The van der Waals surface area contributed by atoms with Crippen molar-refractivity contribution in [3.63, 3.8) is 0 Å². The molecular weight excluding hydrogens is 354 g/mol. The van der Waals surface area contributed by atoms with Gasteiger partial charge in [-0.15, -0.1) is 0 Å². The first-order valence-electron chi connectivity index (χ1n) is 10.3. The van der Waals surface area contributed by atoms with E-state index in [-0.39, 0.29) is 0 Å². The van der Waals surface area contributed by atoms with Crippen LogP contribution < -0.4 is 15.4 Å². The molecule has 28 heavy (non-hydrogen) atoms. The number of pyridine rings is 1. The third-order valence-electron chi connectivity index (χ3n) is 4.76. The molecule has 2 N–H and O–H groups in total. The van der Waals surface area contributed by atoms with Gasteiger partial charge in [-0.3, -0.25) is 0 Å². The van der Waals surface area contributed by atoms with Gasteiger partial charge in [-0.2, -0.15) is 0 Å². The van der Waals surface area contributed by atoms with E-state index >= 15 is 0 Å². The zero-order chi connectivity index (χ0) is 19.8. The molecule has 0 aliphatic heterocycles.